The Hall–Kier alpha value is -1.63. The van der Waals surface area contributed by atoms with Crippen molar-refractivity contribution >= 4 is 17.7 Å². The minimum atomic E-state index is -1.12. The van der Waals surface area contributed by atoms with Gasteiger partial charge in [-0.25, -0.2) is 4.79 Å². The molecule has 1 saturated heterocycles. The molecule has 0 aromatic heterocycles. The van der Waals surface area contributed by atoms with E-state index < -0.39 is 30.1 Å². The number of aliphatic hydroxyl groups is 1. The smallest absolute Gasteiger partial charge is 0.326 e. The Labute approximate surface area is 98.9 Å². The largest absolute Gasteiger partial charge is 0.480 e. The number of carbonyl (C=O) groups excluding carboxylic acids is 1. The molecule has 1 aliphatic heterocycles. The lowest BCUT2D eigenvalue weighted by molar-refractivity contribution is -0.148. The lowest BCUT2D eigenvalue weighted by atomic mass is 10.2. The summed E-state index contributed by atoms with van der Waals surface area (Å²) in [6, 6.07) is -1.71. The van der Waals surface area contributed by atoms with E-state index >= 15 is 0 Å². The summed E-state index contributed by atoms with van der Waals surface area (Å²) in [4.78, 5) is 27.9. The van der Waals surface area contributed by atoms with Crippen molar-refractivity contribution in [2.45, 2.75) is 38.5 Å². The molecule has 0 unspecified atom stereocenters. The lowest BCUT2D eigenvalue weighted by Gasteiger charge is -2.23. The van der Waals surface area contributed by atoms with Crippen molar-refractivity contribution < 1.29 is 19.8 Å². The van der Waals surface area contributed by atoms with Crippen molar-refractivity contribution in [3.05, 3.63) is 0 Å². The van der Waals surface area contributed by atoms with E-state index in [2.05, 4.69) is 4.99 Å². The van der Waals surface area contributed by atoms with Gasteiger partial charge in [0.25, 0.3) is 0 Å². The molecule has 17 heavy (non-hydrogen) atoms. The minimum Gasteiger partial charge on any atom is -0.480 e. The number of aliphatic carboxylic acids is 1. The molecule has 96 valence electrons. The lowest BCUT2D eigenvalue weighted by Crippen LogP contribution is -2.44. The van der Waals surface area contributed by atoms with E-state index in [0.717, 1.165) is 4.90 Å². The third-order valence-corrected chi connectivity index (χ3v) is 2.60. The van der Waals surface area contributed by atoms with Crippen molar-refractivity contribution in [1.29, 1.82) is 0 Å². The Bertz CT molecular complexity index is 351. The predicted octanol–water partition coefficient (Wildman–Crippen LogP) is -1.20. The summed E-state index contributed by atoms with van der Waals surface area (Å²) in [6.45, 7) is 3.12. The van der Waals surface area contributed by atoms with Gasteiger partial charge in [0.15, 0.2) is 0 Å². The number of nitrogens with zero attached hydrogens (tertiary/aromatic N) is 2. The van der Waals surface area contributed by atoms with Crippen LogP contribution in [0.4, 0.5) is 0 Å². The number of likely N-dealkylation sites (tertiary alicyclic amines) is 1. The topological polar surface area (TPSA) is 116 Å². The Morgan fingerprint density at radius 2 is 2.12 bits per heavy atom. The molecule has 1 rings (SSSR count). The molecule has 3 atom stereocenters. The highest BCUT2D eigenvalue weighted by atomic mass is 16.4. The molecule has 0 aromatic carbocycles. The molecule has 1 aliphatic rings. The molecular weight excluding hydrogens is 226 g/mol. The highest BCUT2D eigenvalue weighted by Gasteiger charge is 2.40. The van der Waals surface area contributed by atoms with Crippen molar-refractivity contribution in [3.63, 3.8) is 0 Å². The van der Waals surface area contributed by atoms with Gasteiger partial charge in [-0.15, -0.1) is 0 Å². The number of carbonyl (C=O) groups is 2. The molecule has 0 aromatic rings. The molecule has 0 saturated carbocycles. The molecule has 1 amide bonds. The van der Waals surface area contributed by atoms with Crippen molar-refractivity contribution in [3.8, 4) is 0 Å². The van der Waals surface area contributed by atoms with Gasteiger partial charge < -0.3 is 20.8 Å². The number of β-amino-alcohol motifs (C(OH)–C–C–N with tert-alkyl or cyclic N) is 1. The van der Waals surface area contributed by atoms with Gasteiger partial charge in [-0.3, -0.25) is 9.79 Å². The molecule has 7 nitrogen and oxygen atoms in total. The quantitative estimate of drug-likeness (QED) is 0.425. The van der Waals surface area contributed by atoms with Crippen LogP contribution in [0.25, 0.3) is 0 Å². The van der Waals surface area contributed by atoms with Crippen LogP contribution < -0.4 is 5.73 Å². The highest BCUT2D eigenvalue weighted by Crippen LogP contribution is 2.19. The van der Waals surface area contributed by atoms with Crippen LogP contribution in [-0.2, 0) is 9.59 Å². The average Bonchev–Trinajstić information content (AvgIpc) is 2.58. The Balaban J connectivity index is 2.80. The molecule has 0 bridgehead atoms. The van der Waals surface area contributed by atoms with Crippen LogP contribution in [0.3, 0.4) is 0 Å². The fraction of sp³-hybridized carbons (Fsp3) is 0.700. The number of hydrogen-bond acceptors (Lipinski definition) is 4. The fourth-order valence-corrected chi connectivity index (χ4v) is 1.89. The first-order valence-corrected chi connectivity index (χ1v) is 5.34. The third-order valence-electron chi connectivity index (χ3n) is 2.60. The van der Waals surface area contributed by atoms with Gasteiger partial charge in [-0.05, 0) is 13.8 Å². The zero-order valence-corrected chi connectivity index (χ0v) is 9.83. The van der Waals surface area contributed by atoms with Gasteiger partial charge in [-0.1, -0.05) is 0 Å². The zero-order valence-electron chi connectivity index (χ0n) is 9.83. The fourth-order valence-electron chi connectivity index (χ4n) is 1.89. The summed E-state index contributed by atoms with van der Waals surface area (Å²) < 4.78 is 0. The molecule has 0 aliphatic carbocycles. The molecule has 1 heterocycles. The summed E-state index contributed by atoms with van der Waals surface area (Å²) in [5, 5.41) is 18.4. The van der Waals surface area contributed by atoms with Crippen LogP contribution >= 0.6 is 0 Å². The first-order chi connectivity index (χ1) is 7.82. The van der Waals surface area contributed by atoms with E-state index in [4.69, 9.17) is 10.8 Å². The number of rotatable bonds is 3. The van der Waals surface area contributed by atoms with Crippen LogP contribution in [0, 0.1) is 0 Å². The van der Waals surface area contributed by atoms with Gasteiger partial charge in [0, 0.05) is 13.0 Å². The van der Waals surface area contributed by atoms with Gasteiger partial charge in [0.05, 0.1) is 11.9 Å². The maximum atomic E-state index is 11.9. The third kappa shape index (κ3) is 3.16. The van der Waals surface area contributed by atoms with E-state index in [1.165, 1.54) is 0 Å². The first kappa shape index (κ1) is 13.4. The van der Waals surface area contributed by atoms with E-state index in [-0.39, 0.29) is 18.8 Å². The van der Waals surface area contributed by atoms with E-state index in [1.54, 1.807) is 13.8 Å². The van der Waals surface area contributed by atoms with Crippen LogP contribution in [-0.4, -0.2) is 57.6 Å². The van der Waals surface area contributed by atoms with Crippen LogP contribution in [0.2, 0.25) is 0 Å². The standard InChI is InChI=1S/C10H17N3O4/c1-5(12-6(2)11)9(15)13-4-7(14)3-8(13)10(16)17/h5,7-8,14H,3-4H2,1-2H3,(H2,11,12)(H,16,17)/t5-,7-,8-/m0/s1. The average molecular weight is 243 g/mol. The summed E-state index contributed by atoms with van der Waals surface area (Å²) >= 11 is 0. The second kappa shape index (κ2) is 5.13. The van der Waals surface area contributed by atoms with Crippen LogP contribution in [0.5, 0.6) is 0 Å². The van der Waals surface area contributed by atoms with E-state index in [1.807, 2.05) is 0 Å². The van der Waals surface area contributed by atoms with Crippen molar-refractivity contribution in [1.82, 2.24) is 4.90 Å². The van der Waals surface area contributed by atoms with E-state index in [0.29, 0.717) is 0 Å². The number of aliphatic imine (C=N–C) groups is 1. The molecular formula is C10H17N3O4. The normalized spacial score (nSPS) is 27.0. The number of amides is 1. The van der Waals surface area contributed by atoms with E-state index in [9.17, 15) is 14.7 Å². The number of nitrogens with two attached hydrogens (primary N) is 1. The summed E-state index contributed by atoms with van der Waals surface area (Å²) in [5.74, 6) is -1.29. The Morgan fingerprint density at radius 3 is 2.59 bits per heavy atom. The Kier molecular flexibility index (Phi) is 4.06. The number of carboxylic acids is 1. The van der Waals surface area contributed by atoms with Crippen LogP contribution in [0.15, 0.2) is 4.99 Å². The van der Waals surface area contributed by atoms with Crippen molar-refractivity contribution in [2.75, 3.05) is 6.54 Å². The first-order valence-electron chi connectivity index (χ1n) is 5.34. The maximum absolute atomic E-state index is 11.9. The molecule has 7 heteroatoms. The number of hydrogen-bond donors (Lipinski definition) is 3. The van der Waals surface area contributed by atoms with Gasteiger partial charge in [-0.2, -0.15) is 0 Å². The molecule has 0 spiro atoms. The van der Waals surface area contributed by atoms with Gasteiger partial charge >= 0.3 is 5.97 Å². The monoisotopic (exact) mass is 243 g/mol. The van der Waals surface area contributed by atoms with Gasteiger partial charge in [0.2, 0.25) is 5.91 Å². The number of carboxylic acid groups (broad SMARTS) is 1. The summed E-state index contributed by atoms with van der Waals surface area (Å²) in [5.41, 5.74) is 5.37. The number of amidine groups is 1. The highest BCUT2D eigenvalue weighted by molar-refractivity contribution is 5.89. The molecule has 1 fully saturated rings. The van der Waals surface area contributed by atoms with Crippen LogP contribution in [0.1, 0.15) is 20.3 Å². The summed E-state index contributed by atoms with van der Waals surface area (Å²) in [7, 11) is 0. The number of aliphatic hydroxyl groups excluding tert-OH is 1. The second-order valence-corrected chi connectivity index (χ2v) is 4.18. The summed E-state index contributed by atoms with van der Waals surface area (Å²) in [6.07, 6.45) is -0.741. The van der Waals surface area contributed by atoms with Gasteiger partial charge in [0.1, 0.15) is 12.1 Å². The second-order valence-electron chi connectivity index (χ2n) is 4.18. The Morgan fingerprint density at radius 1 is 1.53 bits per heavy atom. The van der Waals surface area contributed by atoms with Crippen molar-refractivity contribution in [2.24, 2.45) is 10.7 Å². The minimum absolute atomic E-state index is 0.0271. The maximum Gasteiger partial charge on any atom is 0.326 e. The zero-order chi connectivity index (χ0) is 13.2. The molecule has 0 radical (unpaired) electrons. The predicted molar refractivity (Wildman–Crippen MR) is 60.5 cm³/mol. The SMILES string of the molecule is CC(N)=N[C@@H](C)C(=O)N1C[C@@H](O)C[C@H]1C(=O)O. The molecule has 4 N–H and O–H groups in total.